The molecule has 0 aliphatic rings. The fraction of sp³-hybridized carbons (Fsp3) is 0.804. The van der Waals surface area contributed by atoms with Gasteiger partial charge in [0.2, 0.25) is 0 Å². The molecule has 62 heavy (non-hydrogen) atoms. The number of carbonyl (C=O) groups is 3. The topological polar surface area (TPSA) is 78.9 Å². The maximum atomic E-state index is 12.8. The Kier molecular flexibility index (Phi) is 48.8. The van der Waals surface area contributed by atoms with Gasteiger partial charge in [0.05, 0.1) is 0 Å². The molecule has 0 aromatic heterocycles. The second-order valence-corrected chi connectivity index (χ2v) is 17.8. The van der Waals surface area contributed by atoms with Gasteiger partial charge >= 0.3 is 17.9 Å². The molecule has 6 nitrogen and oxygen atoms in total. The van der Waals surface area contributed by atoms with Gasteiger partial charge in [-0.3, -0.25) is 14.4 Å². The predicted octanol–water partition coefficient (Wildman–Crippen LogP) is 17.5. The third kappa shape index (κ3) is 48.4. The Balaban J connectivity index is 4.37. The summed E-state index contributed by atoms with van der Waals surface area (Å²) in [7, 11) is 0. The summed E-state index contributed by atoms with van der Waals surface area (Å²) in [6, 6.07) is 0. The van der Waals surface area contributed by atoms with E-state index >= 15 is 0 Å². The first-order valence-electron chi connectivity index (χ1n) is 26.6. The van der Waals surface area contributed by atoms with E-state index in [1.54, 1.807) is 0 Å². The van der Waals surface area contributed by atoms with Gasteiger partial charge < -0.3 is 14.2 Å². The summed E-state index contributed by atoms with van der Waals surface area (Å²) < 4.78 is 16.8. The molecule has 6 heteroatoms. The molecule has 0 N–H and O–H groups in total. The Morgan fingerprint density at radius 2 is 0.597 bits per heavy atom. The molecule has 0 unspecified atom stereocenters. The summed E-state index contributed by atoms with van der Waals surface area (Å²) in [5.41, 5.74) is 0. The van der Waals surface area contributed by atoms with Gasteiger partial charge in [-0.15, -0.1) is 0 Å². The molecule has 0 fully saturated rings. The monoisotopic (exact) mass is 869 g/mol. The van der Waals surface area contributed by atoms with Crippen LogP contribution in [0.1, 0.15) is 271 Å². The highest BCUT2D eigenvalue weighted by molar-refractivity contribution is 5.71. The van der Waals surface area contributed by atoms with Gasteiger partial charge in [-0.2, -0.15) is 0 Å². The van der Waals surface area contributed by atoms with Crippen LogP contribution in [0.15, 0.2) is 48.6 Å². The minimum absolute atomic E-state index is 0.0824. The van der Waals surface area contributed by atoms with E-state index in [4.69, 9.17) is 14.2 Å². The lowest BCUT2D eigenvalue weighted by molar-refractivity contribution is -0.167. The smallest absolute Gasteiger partial charge is 0.306 e. The number of ether oxygens (including phenoxy) is 3. The number of unbranched alkanes of at least 4 members (excludes halogenated alkanes) is 29. The van der Waals surface area contributed by atoms with Gasteiger partial charge in [-0.1, -0.05) is 204 Å². The van der Waals surface area contributed by atoms with Gasteiger partial charge in [0, 0.05) is 19.3 Å². The van der Waals surface area contributed by atoms with Crippen molar-refractivity contribution in [2.24, 2.45) is 0 Å². The molecular formula is C56H100O6. The Morgan fingerprint density at radius 3 is 0.984 bits per heavy atom. The minimum Gasteiger partial charge on any atom is -0.462 e. The number of esters is 3. The zero-order chi connectivity index (χ0) is 45.1. The molecule has 1 atom stereocenters. The third-order valence-electron chi connectivity index (χ3n) is 11.5. The molecule has 0 aromatic carbocycles. The van der Waals surface area contributed by atoms with Crippen molar-refractivity contribution in [2.45, 2.75) is 277 Å². The van der Waals surface area contributed by atoms with Crippen LogP contribution in [0.2, 0.25) is 0 Å². The lowest BCUT2D eigenvalue weighted by Crippen LogP contribution is -2.30. The van der Waals surface area contributed by atoms with Crippen LogP contribution >= 0.6 is 0 Å². The largest absolute Gasteiger partial charge is 0.462 e. The van der Waals surface area contributed by atoms with Gasteiger partial charge in [-0.25, -0.2) is 0 Å². The first kappa shape index (κ1) is 59.4. The fourth-order valence-electron chi connectivity index (χ4n) is 7.45. The molecule has 360 valence electrons. The minimum atomic E-state index is -0.782. The SMILES string of the molecule is CCCC/C=C\CCCCCCCC(=O)OC[C@H](COC(=O)CCCCCCCCC/C=C\C/C=C\CCCCC)OC(=O)CCCCCCC/C=C\CCCCCCCCC. The lowest BCUT2D eigenvalue weighted by Gasteiger charge is -2.18. The molecule has 0 aliphatic carbocycles. The maximum Gasteiger partial charge on any atom is 0.306 e. The van der Waals surface area contributed by atoms with Crippen molar-refractivity contribution in [3.05, 3.63) is 48.6 Å². The van der Waals surface area contributed by atoms with Crippen LogP contribution in [-0.2, 0) is 28.6 Å². The molecule has 0 heterocycles. The predicted molar refractivity (Wildman–Crippen MR) is 265 cm³/mol. The molecule has 0 aromatic rings. The zero-order valence-electron chi connectivity index (χ0n) is 41.1. The Bertz CT molecular complexity index is 1090. The fourth-order valence-corrected chi connectivity index (χ4v) is 7.45. The van der Waals surface area contributed by atoms with E-state index in [1.807, 2.05) is 0 Å². The van der Waals surface area contributed by atoms with Crippen molar-refractivity contribution in [3.8, 4) is 0 Å². The van der Waals surface area contributed by atoms with Crippen molar-refractivity contribution in [1.29, 1.82) is 0 Å². The number of rotatable bonds is 48. The maximum absolute atomic E-state index is 12.8. The number of allylic oxidation sites excluding steroid dienone is 8. The van der Waals surface area contributed by atoms with Crippen molar-refractivity contribution in [2.75, 3.05) is 13.2 Å². The Morgan fingerprint density at radius 1 is 0.323 bits per heavy atom. The Labute approximate surface area is 384 Å². The van der Waals surface area contributed by atoms with Crippen LogP contribution in [0.5, 0.6) is 0 Å². The summed E-state index contributed by atoms with van der Waals surface area (Å²) >= 11 is 0. The summed E-state index contributed by atoms with van der Waals surface area (Å²) in [6.07, 6.45) is 60.9. The van der Waals surface area contributed by atoms with Crippen molar-refractivity contribution < 1.29 is 28.6 Å². The van der Waals surface area contributed by atoms with Gasteiger partial charge in [-0.05, 0) is 96.3 Å². The average Bonchev–Trinajstić information content (AvgIpc) is 3.27. The summed E-state index contributed by atoms with van der Waals surface area (Å²) in [5.74, 6) is -0.901. The van der Waals surface area contributed by atoms with Gasteiger partial charge in [0.15, 0.2) is 6.10 Å². The van der Waals surface area contributed by atoms with E-state index in [-0.39, 0.29) is 31.1 Å². The molecule has 0 saturated carbocycles. The van der Waals surface area contributed by atoms with E-state index in [9.17, 15) is 14.4 Å². The normalized spacial score (nSPS) is 12.4. The highest BCUT2D eigenvalue weighted by Crippen LogP contribution is 2.14. The van der Waals surface area contributed by atoms with Gasteiger partial charge in [0.25, 0.3) is 0 Å². The molecule has 0 rings (SSSR count). The van der Waals surface area contributed by atoms with E-state index in [1.165, 1.54) is 141 Å². The molecular weight excluding hydrogens is 769 g/mol. The second-order valence-electron chi connectivity index (χ2n) is 17.8. The average molecular weight is 869 g/mol. The molecule has 0 amide bonds. The van der Waals surface area contributed by atoms with Gasteiger partial charge in [0.1, 0.15) is 13.2 Å². The third-order valence-corrected chi connectivity index (χ3v) is 11.5. The molecule has 0 bridgehead atoms. The van der Waals surface area contributed by atoms with Crippen LogP contribution in [0.4, 0.5) is 0 Å². The van der Waals surface area contributed by atoms with Crippen molar-refractivity contribution >= 4 is 17.9 Å². The van der Waals surface area contributed by atoms with Crippen LogP contribution in [0.25, 0.3) is 0 Å². The van der Waals surface area contributed by atoms with Crippen LogP contribution in [-0.4, -0.2) is 37.2 Å². The number of hydrogen-bond donors (Lipinski definition) is 0. The van der Waals surface area contributed by atoms with Crippen LogP contribution in [0, 0.1) is 0 Å². The van der Waals surface area contributed by atoms with Crippen LogP contribution in [0.3, 0.4) is 0 Å². The molecule has 0 aliphatic heterocycles. The van der Waals surface area contributed by atoms with E-state index in [0.29, 0.717) is 19.3 Å². The standard InChI is InChI=1S/C56H100O6/c1-4-7-10-13-16-19-22-24-26-28-30-31-34-37-40-43-46-49-55(58)61-52-53(51-60-54(57)48-45-42-39-36-33-21-18-15-12-9-6-3)62-56(59)50-47-44-41-38-35-32-29-27-25-23-20-17-14-11-8-5-2/h15-16,18-19,24,26-27,29,53H,4-14,17,20-23,25,28,30-52H2,1-3H3/b18-15-,19-16-,26-24-,29-27-/t53-/m1/s1. The van der Waals surface area contributed by atoms with E-state index in [2.05, 4.69) is 69.4 Å². The summed E-state index contributed by atoms with van der Waals surface area (Å²) in [6.45, 7) is 6.57. The molecule has 0 spiro atoms. The van der Waals surface area contributed by atoms with Crippen LogP contribution < -0.4 is 0 Å². The van der Waals surface area contributed by atoms with E-state index < -0.39 is 6.10 Å². The quantitative estimate of drug-likeness (QED) is 0.0262. The highest BCUT2D eigenvalue weighted by Gasteiger charge is 2.19. The molecule has 0 saturated heterocycles. The first-order chi connectivity index (χ1) is 30.5. The Hall–Kier alpha value is -2.63. The van der Waals surface area contributed by atoms with Crippen molar-refractivity contribution in [1.82, 2.24) is 0 Å². The molecule has 0 radical (unpaired) electrons. The number of carbonyl (C=O) groups excluding carboxylic acids is 3. The lowest BCUT2D eigenvalue weighted by atomic mass is 10.1. The first-order valence-corrected chi connectivity index (χ1v) is 26.6. The summed E-state index contributed by atoms with van der Waals surface area (Å²) in [4.78, 5) is 38.0. The summed E-state index contributed by atoms with van der Waals surface area (Å²) in [5, 5.41) is 0. The van der Waals surface area contributed by atoms with E-state index in [0.717, 1.165) is 89.9 Å². The second kappa shape index (κ2) is 51.0. The highest BCUT2D eigenvalue weighted by atomic mass is 16.6. The van der Waals surface area contributed by atoms with Crippen molar-refractivity contribution in [3.63, 3.8) is 0 Å². The zero-order valence-corrected chi connectivity index (χ0v) is 41.1. The number of hydrogen-bond acceptors (Lipinski definition) is 6.